The van der Waals surface area contributed by atoms with Gasteiger partial charge in [0, 0.05) is 17.4 Å². The van der Waals surface area contributed by atoms with E-state index in [1.807, 2.05) is 5.38 Å². The molecule has 2 aromatic heterocycles. The first-order valence-electron chi connectivity index (χ1n) is 5.55. The van der Waals surface area contributed by atoms with Crippen LogP contribution in [0.5, 0.6) is 0 Å². The molecule has 92 valence electrons. The van der Waals surface area contributed by atoms with E-state index < -0.39 is 0 Å². The van der Waals surface area contributed by atoms with Crippen molar-refractivity contribution < 1.29 is 4.79 Å². The van der Waals surface area contributed by atoms with Gasteiger partial charge in [-0.15, -0.1) is 11.3 Å². The second kappa shape index (κ2) is 4.34. The van der Waals surface area contributed by atoms with Crippen molar-refractivity contribution in [2.45, 2.75) is 18.8 Å². The molecule has 0 radical (unpaired) electrons. The van der Waals surface area contributed by atoms with Crippen molar-refractivity contribution in [3.8, 4) is 0 Å². The van der Waals surface area contributed by atoms with Crippen molar-refractivity contribution in [1.82, 2.24) is 15.2 Å². The molecule has 1 saturated carbocycles. The van der Waals surface area contributed by atoms with Crippen LogP contribution in [-0.2, 0) is 0 Å². The lowest BCUT2D eigenvalue weighted by Gasteiger charge is -1.99. The van der Waals surface area contributed by atoms with Crippen molar-refractivity contribution in [2.24, 2.45) is 0 Å². The van der Waals surface area contributed by atoms with Gasteiger partial charge in [-0.1, -0.05) is 0 Å². The Hall–Kier alpha value is -2.02. The highest BCUT2D eigenvalue weighted by Gasteiger charge is 2.26. The predicted molar refractivity (Wildman–Crippen MR) is 66.9 cm³/mol. The minimum Gasteiger partial charge on any atom is -0.296 e. The van der Waals surface area contributed by atoms with Crippen molar-refractivity contribution in [3.63, 3.8) is 0 Å². The van der Waals surface area contributed by atoms with Crippen molar-refractivity contribution in [3.05, 3.63) is 39.3 Å². The molecule has 0 spiro atoms. The largest absolute Gasteiger partial charge is 0.296 e. The summed E-state index contributed by atoms with van der Waals surface area (Å²) < 4.78 is 0. The summed E-state index contributed by atoms with van der Waals surface area (Å²) in [7, 11) is 0. The Bertz CT molecular complexity index is 624. The quantitative estimate of drug-likeness (QED) is 0.874. The number of aromatic nitrogens is 3. The van der Waals surface area contributed by atoms with Gasteiger partial charge in [0.2, 0.25) is 0 Å². The fourth-order valence-electron chi connectivity index (χ4n) is 1.54. The number of aromatic amines is 1. The Morgan fingerprint density at radius 2 is 2.28 bits per heavy atom. The Morgan fingerprint density at radius 3 is 2.94 bits per heavy atom. The topological polar surface area (TPSA) is 87.7 Å². The Morgan fingerprint density at radius 1 is 1.44 bits per heavy atom. The van der Waals surface area contributed by atoms with Crippen molar-refractivity contribution >= 4 is 22.4 Å². The van der Waals surface area contributed by atoms with E-state index in [1.54, 1.807) is 0 Å². The third-order valence-corrected chi connectivity index (χ3v) is 3.43. The number of anilines is 1. The van der Waals surface area contributed by atoms with Gasteiger partial charge < -0.3 is 0 Å². The zero-order chi connectivity index (χ0) is 12.5. The van der Waals surface area contributed by atoms with E-state index in [0.717, 1.165) is 5.69 Å². The van der Waals surface area contributed by atoms with E-state index in [2.05, 4.69) is 20.5 Å². The number of hydrogen-bond donors (Lipinski definition) is 2. The molecule has 0 aliphatic heterocycles. The van der Waals surface area contributed by atoms with Crippen LogP contribution in [-0.4, -0.2) is 21.1 Å². The number of carbonyl (C=O) groups is 1. The van der Waals surface area contributed by atoms with Gasteiger partial charge in [0.15, 0.2) is 5.13 Å². The Balaban J connectivity index is 1.72. The summed E-state index contributed by atoms with van der Waals surface area (Å²) in [5.41, 5.74) is 0.874. The van der Waals surface area contributed by atoms with Crippen LogP contribution in [0.1, 0.15) is 34.9 Å². The Kier molecular flexibility index (Phi) is 2.67. The Labute approximate surface area is 106 Å². The lowest BCUT2D eigenvalue weighted by atomic mass is 10.3. The molecule has 1 aliphatic rings. The summed E-state index contributed by atoms with van der Waals surface area (Å²) >= 11 is 1.40. The summed E-state index contributed by atoms with van der Waals surface area (Å²) in [5, 5.41) is 11.1. The number of hydrogen-bond acceptors (Lipinski definition) is 5. The number of nitrogens with zero attached hydrogens (tertiary/aromatic N) is 2. The molecular formula is C11H10N4O2S. The molecule has 7 heteroatoms. The predicted octanol–water partition coefficient (Wildman–Crippen LogP) is 1.36. The lowest BCUT2D eigenvalue weighted by molar-refractivity contribution is 0.102. The van der Waals surface area contributed by atoms with E-state index in [4.69, 9.17) is 0 Å². The summed E-state index contributed by atoms with van der Waals surface area (Å²) in [5.74, 6) is 0.195. The lowest BCUT2D eigenvalue weighted by Crippen LogP contribution is -2.17. The van der Waals surface area contributed by atoms with Gasteiger partial charge in [-0.3, -0.25) is 14.9 Å². The molecule has 0 aromatic carbocycles. The first-order valence-corrected chi connectivity index (χ1v) is 6.43. The van der Waals surface area contributed by atoms with E-state index in [9.17, 15) is 9.59 Å². The van der Waals surface area contributed by atoms with Crippen LogP contribution in [0, 0.1) is 0 Å². The molecule has 2 heterocycles. The number of nitrogens with one attached hydrogen (secondary N) is 2. The van der Waals surface area contributed by atoms with Gasteiger partial charge in [0.1, 0.15) is 5.69 Å². The van der Waals surface area contributed by atoms with Crippen LogP contribution in [0.2, 0.25) is 0 Å². The van der Waals surface area contributed by atoms with E-state index in [0.29, 0.717) is 11.0 Å². The molecule has 18 heavy (non-hydrogen) atoms. The van der Waals surface area contributed by atoms with Gasteiger partial charge >= 0.3 is 0 Å². The number of amides is 1. The normalized spacial score (nSPS) is 14.4. The molecule has 0 atom stereocenters. The van der Waals surface area contributed by atoms with Crippen LogP contribution in [0.15, 0.2) is 22.3 Å². The van der Waals surface area contributed by atoms with Gasteiger partial charge in [0.25, 0.3) is 11.5 Å². The zero-order valence-corrected chi connectivity index (χ0v) is 10.2. The maximum atomic E-state index is 11.8. The van der Waals surface area contributed by atoms with Crippen molar-refractivity contribution in [2.75, 3.05) is 5.32 Å². The molecule has 2 N–H and O–H groups in total. The van der Waals surface area contributed by atoms with Gasteiger partial charge in [0.05, 0.1) is 5.69 Å². The average molecular weight is 262 g/mol. The molecular weight excluding hydrogens is 252 g/mol. The van der Waals surface area contributed by atoms with Crippen LogP contribution >= 0.6 is 11.3 Å². The molecule has 2 aromatic rings. The second-order valence-corrected chi connectivity index (χ2v) is 4.97. The second-order valence-electron chi connectivity index (χ2n) is 4.11. The molecule has 0 saturated heterocycles. The van der Waals surface area contributed by atoms with Gasteiger partial charge in [-0.05, 0) is 18.9 Å². The fraction of sp³-hybridized carbons (Fsp3) is 0.273. The van der Waals surface area contributed by atoms with Crippen LogP contribution in [0.4, 0.5) is 5.13 Å². The molecule has 3 rings (SSSR count). The third kappa shape index (κ3) is 2.30. The maximum absolute atomic E-state index is 11.8. The maximum Gasteiger partial charge on any atom is 0.277 e. The van der Waals surface area contributed by atoms with Crippen LogP contribution < -0.4 is 10.9 Å². The minimum atomic E-state index is -0.372. The number of H-pyrrole nitrogens is 1. The van der Waals surface area contributed by atoms with Crippen LogP contribution in [0.25, 0.3) is 0 Å². The molecule has 6 nitrogen and oxygen atoms in total. The summed E-state index contributed by atoms with van der Waals surface area (Å²) in [6.45, 7) is 0. The van der Waals surface area contributed by atoms with Gasteiger partial charge in [-0.2, -0.15) is 5.10 Å². The monoisotopic (exact) mass is 262 g/mol. The smallest absolute Gasteiger partial charge is 0.277 e. The molecule has 0 unspecified atom stereocenters. The first kappa shape index (κ1) is 11.1. The summed E-state index contributed by atoms with van der Waals surface area (Å²) in [6, 6.07) is 2.64. The SMILES string of the molecule is O=C(Nc1nc(C2CC2)cs1)c1ccc(=O)[nH]n1. The number of carbonyl (C=O) groups excluding carboxylic acids is 1. The molecule has 1 aliphatic carbocycles. The molecule has 1 amide bonds. The summed E-state index contributed by atoms with van der Waals surface area (Å²) in [6.07, 6.45) is 2.36. The number of thiazole rings is 1. The molecule has 0 bridgehead atoms. The standard InChI is InChI=1S/C11H10N4O2S/c16-9-4-3-7(14-15-9)10(17)13-11-12-8(5-18-11)6-1-2-6/h3-6H,1-2H2,(H,15,16)(H,12,13,17). The van der Waals surface area contributed by atoms with E-state index >= 15 is 0 Å². The first-order chi connectivity index (χ1) is 8.72. The highest BCUT2D eigenvalue weighted by molar-refractivity contribution is 7.14. The number of rotatable bonds is 3. The van der Waals surface area contributed by atoms with Crippen LogP contribution in [0.3, 0.4) is 0 Å². The average Bonchev–Trinajstić information content (AvgIpc) is 3.11. The van der Waals surface area contributed by atoms with Crippen molar-refractivity contribution in [1.29, 1.82) is 0 Å². The van der Waals surface area contributed by atoms with E-state index in [1.165, 1.54) is 36.3 Å². The molecule has 1 fully saturated rings. The minimum absolute atomic E-state index is 0.165. The zero-order valence-electron chi connectivity index (χ0n) is 9.34. The third-order valence-electron chi connectivity index (χ3n) is 2.65. The fourth-order valence-corrected chi connectivity index (χ4v) is 2.33. The summed E-state index contributed by atoms with van der Waals surface area (Å²) in [4.78, 5) is 27.0. The van der Waals surface area contributed by atoms with E-state index in [-0.39, 0.29) is 17.2 Å². The van der Waals surface area contributed by atoms with Gasteiger partial charge in [-0.25, -0.2) is 10.1 Å². The highest BCUT2D eigenvalue weighted by Crippen LogP contribution is 2.40. The highest BCUT2D eigenvalue weighted by atomic mass is 32.1.